The van der Waals surface area contributed by atoms with Crippen LogP contribution in [0.2, 0.25) is 0 Å². The van der Waals surface area contributed by atoms with Crippen molar-refractivity contribution >= 4 is 23.6 Å². The van der Waals surface area contributed by atoms with Crippen molar-refractivity contribution in [3.63, 3.8) is 0 Å². The minimum Gasteiger partial charge on any atom is -0.339 e. The van der Waals surface area contributed by atoms with Crippen LogP contribution in [0, 0.1) is 12.8 Å². The molecule has 1 aromatic heterocycles. The van der Waals surface area contributed by atoms with Crippen LogP contribution in [-0.4, -0.2) is 39.4 Å². The van der Waals surface area contributed by atoms with Crippen molar-refractivity contribution in [1.82, 2.24) is 14.5 Å². The molecule has 0 unspecified atom stereocenters. The number of nitrogens with zero attached hydrogens (tertiary/aromatic N) is 3. The average Bonchev–Trinajstić information content (AvgIpc) is 3.23. The lowest BCUT2D eigenvalue weighted by atomic mass is 9.95. The zero-order valence-corrected chi connectivity index (χ0v) is 18.3. The molecule has 2 aromatic carbocycles. The fraction of sp³-hybridized carbons (Fsp3) is 0.269. The van der Waals surface area contributed by atoms with Gasteiger partial charge in [0.2, 0.25) is 11.8 Å². The molecule has 0 atom stereocenters. The van der Waals surface area contributed by atoms with E-state index in [1.807, 2.05) is 78.7 Å². The lowest BCUT2D eigenvalue weighted by Crippen LogP contribution is -2.40. The average molecular weight is 429 g/mol. The lowest BCUT2D eigenvalue weighted by molar-refractivity contribution is -0.130. The van der Waals surface area contributed by atoms with E-state index in [-0.39, 0.29) is 17.7 Å². The van der Waals surface area contributed by atoms with Gasteiger partial charge < -0.3 is 14.8 Å². The number of hydrogen-bond acceptors (Lipinski definition) is 3. The van der Waals surface area contributed by atoms with Crippen LogP contribution in [-0.2, 0) is 16.1 Å². The third-order valence-electron chi connectivity index (χ3n) is 5.89. The van der Waals surface area contributed by atoms with Gasteiger partial charge in [-0.25, -0.2) is 4.98 Å². The summed E-state index contributed by atoms with van der Waals surface area (Å²) in [4.78, 5) is 31.2. The number of anilines is 1. The molecule has 1 aliphatic rings. The highest BCUT2D eigenvalue weighted by molar-refractivity contribution is 5.94. The Morgan fingerprint density at radius 2 is 1.78 bits per heavy atom. The van der Waals surface area contributed by atoms with Crippen molar-refractivity contribution in [3.05, 3.63) is 90.0 Å². The number of nitrogens with one attached hydrogen (secondary N) is 1. The molecule has 6 heteroatoms. The van der Waals surface area contributed by atoms with E-state index in [4.69, 9.17) is 0 Å². The molecule has 1 aliphatic heterocycles. The van der Waals surface area contributed by atoms with E-state index < -0.39 is 0 Å². The molecule has 2 heterocycles. The molecule has 3 aromatic rings. The normalized spacial score (nSPS) is 14.6. The van der Waals surface area contributed by atoms with Gasteiger partial charge in [0, 0.05) is 49.7 Å². The Balaban J connectivity index is 1.25. The minimum absolute atomic E-state index is 0.00331. The maximum Gasteiger partial charge on any atom is 0.246 e. The second-order valence-electron chi connectivity index (χ2n) is 8.13. The Labute approximate surface area is 188 Å². The first-order valence-corrected chi connectivity index (χ1v) is 11.0. The molecule has 0 aliphatic carbocycles. The van der Waals surface area contributed by atoms with Crippen LogP contribution in [0.4, 0.5) is 5.69 Å². The maximum atomic E-state index is 12.7. The van der Waals surface area contributed by atoms with Crippen LogP contribution in [0.5, 0.6) is 0 Å². The predicted molar refractivity (Wildman–Crippen MR) is 126 cm³/mol. The van der Waals surface area contributed by atoms with Crippen LogP contribution in [0.3, 0.4) is 0 Å². The molecule has 32 heavy (non-hydrogen) atoms. The molecule has 4 rings (SSSR count). The Hall–Kier alpha value is -3.67. The number of benzene rings is 2. The molecule has 0 saturated carbocycles. The highest BCUT2D eigenvalue weighted by Crippen LogP contribution is 2.20. The molecule has 1 saturated heterocycles. The molecule has 2 amide bonds. The molecule has 164 valence electrons. The van der Waals surface area contributed by atoms with Crippen molar-refractivity contribution in [1.29, 1.82) is 0 Å². The van der Waals surface area contributed by atoms with Crippen LogP contribution in [0.1, 0.15) is 29.8 Å². The van der Waals surface area contributed by atoms with E-state index in [2.05, 4.69) is 14.9 Å². The van der Waals surface area contributed by atoms with Gasteiger partial charge in [-0.15, -0.1) is 0 Å². The molecule has 1 N–H and O–H groups in total. The number of carbonyl (C=O) groups excluding carboxylic acids is 2. The summed E-state index contributed by atoms with van der Waals surface area (Å²) in [5, 5.41) is 3.02. The second-order valence-corrected chi connectivity index (χ2v) is 8.13. The molecule has 1 fully saturated rings. The van der Waals surface area contributed by atoms with Gasteiger partial charge in [0.1, 0.15) is 5.82 Å². The van der Waals surface area contributed by atoms with Gasteiger partial charge in [-0.3, -0.25) is 9.59 Å². The Bertz CT molecular complexity index is 1080. The van der Waals surface area contributed by atoms with E-state index in [1.165, 1.54) is 0 Å². The molecular weight excluding hydrogens is 400 g/mol. The summed E-state index contributed by atoms with van der Waals surface area (Å²) in [6.07, 6.45) is 8.55. The number of amides is 2. The minimum atomic E-state index is -0.0783. The van der Waals surface area contributed by atoms with Crippen LogP contribution < -0.4 is 5.32 Å². The largest absolute Gasteiger partial charge is 0.339 e. The summed E-state index contributed by atoms with van der Waals surface area (Å²) in [5.41, 5.74) is 2.95. The summed E-state index contributed by atoms with van der Waals surface area (Å²) in [6, 6.07) is 17.7. The first kappa shape index (κ1) is 21.6. The van der Waals surface area contributed by atoms with Gasteiger partial charge >= 0.3 is 0 Å². The van der Waals surface area contributed by atoms with E-state index in [0.29, 0.717) is 25.9 Å². The number of aromatic nitrogens is 2. The van der Waals surface area contributed by atoms with Crippen molar-refractivity contribution in [3.8, 4) is 0 Å². The van der Waals surface area contributed by atoms with Gasteiger partial charge in [-0.2, -0.15) is 0 Å². The van der Waals surface area contributed by atoms with Gasteiger partial charge in [0.15, 0.2) is 0 Å². The molecule has 0 bridgehead atoms. The highest BCUT2D eigenvalue weighted by atomic mass is 16.2. The fourth-order valence-corrected chi connectivity index (χ4v) is 3.90. The lowest BCUT2D eigenvalue weighted by Gasteiger charge is -2.30. The number of imidazole rings is 1. The number of aryl methyl sites for hydroxylation is 1. The Kier molecular flexibility index (Phi) is 6.80. The number of hydrogen-bond donors (Lipinski definition) is 1. The van der Waals surface area contributed by atoms with E-state index in [1.54, 1.807) is 12.3 Å². The zero-order valence-electron chi connectivity index (χ0n) is 18.3. The Morgan fingerprint density at radius 3 is 2.44 bits per heavy atom. The first-order chi connectivity index (χ1) is 15.6. The van der Waals surface area contributed by atoms with E-state index >= 15 is 0 Å². The first-order valence-electron chi connectivity index (χ1n) is 11.0. The topological polar surface area (TPSA) is 67.2 Å². The molecule has 6 nitrogen and oxygen atoms in total. The molecule has 0 spiro atoms. The van der Waals surface area contributed by atoms with E-state index in [9.17, 15) is 9.59 Å². The van der Waals surface area contributed by atoms with Gasteiger partial charge in [-0.1, -0.05) is 42.5 Å². The highest BCUT2D eigenvalue weighted by Gasteiger charge is 2.26. The maximum absolute atomic E-state index is 12.7. The summed E-state index contributed by atoms with van der Waals surface area (Å²) >= 11 is 0. The van der Waals surface area contributed by atoms with Crippen molar-refractivity contribution in [2.24, 2.45) is 5.92 Å². The molecular formula is C26H28N4O2. The smallest absolute Gasteiger partial charge is 0.246 e. The number of piperidine rings is 1. The monoisotopic (exact) mass is 428 g/mol. The summed E-state index contributed by atoms with van der Waals surface area (Å²) < 4.78 is 2.08. The van der Waals surface area contributed by atoms with Gasteiger partial charge in [0.25, 0.3) is 0 Å². The van der Waals surface area contributed by atoms with Crippen LogP contribution in [0.25, 0.3) is 6.08 Å². The fourth-order valence-electron chi connectivity index (χ4n) is 3.90. The van der Waals surface area contributed by atoms with Crippen molar-refractivity contribution < 1.29 is 9.59 Å². The van der Waals surface area contributed by atoms with Gasteiger partial charge in [-0.05, 0) is 49.1 Å². The summed E-state index contributed by atoms with van der Waals surface area (Å²) in [5.74, 6) is 0.916. The number of likely N-dealkylation sites (tertiary alicyclic amines) is 1. The second kappa shape index (κ2) is 10.1. The van der Waals surface area contributed by atoms with Crippen LogP contribution >= 0.6 is 0 Å². The predicted octanol–water partition coefficient (Wildman–Crippen LogP) is 4.13. The summed E-state index contributed by atoms with van der Waals surface area (Å²) in [7, 11) is 0. The standard InChI is InChI=1S/C26H28N4O2/c1-20-27-15-18-30(20)19-22-7-10-24(11-8-22)28-26(32)23-13-16-29(17-14-23)25(31)12-9-21-5-3-2-4-6-21/h2-12,15,18,23H,13-14,16-17,19H2,1H3,(H,28,32)/b12-9+. The number of carbonyl (C=O) groups is 2. The zero-order chi connectivity index (χ0) is 22.3. The van der Waals surface area contributed by atoms with Crippen molar-refractivity contribution in [2.45, 2.75) is 26.3 Å². The number of rotatable bonds is 6. The molecule has 0 radical (unpaired) electrons. The van der Waals surface area contributed by atoms with Crippen LogP contribution in [0.15, 0.2) is 73.1 Å². The SMILES string of the molecule is Cc1nccn1Cc1ccc(NC(=O)C2CCN(C(=O)/C=C/c3ccccc3)CC2)cc1. The Morgan fingerprint density at radius 1 is 1.06 bits per heavy atom. The van der Waals surface area contributed by atoms with Crippen molar-refractivity contribution in [2.75, 3.05) is 18.4 Å². The quantitative estimate of drug-likeness (QED) is 0.601. The summed E-state index contributed by atoms with van der Waals surface area (Å²) in [6.45, 7) is 3.93. The van der Waals surface area contributed by atoms with E-state index in [0.717, 1.165) is 29.2 Å². The third-order valence-corrected chi connectivity index (χ3v) is 5.89. The van der Waals surface area contributed by atoms with Gasteiger partial charge in [0.05, 0.1) is 0 Å². The third kappa shape index (κ3) is 5.52.